The number of allylic oxidation sites excluding steroid dienone is 1. The first kappa shape index (κ1) is 17.3. The van der Waals surface area contributed by atoms with Crippen LogP contribution in [0.2, 0.25) is 0 Å². The lowest BCUT2D eigenvalue weighted by Gasteiger charge is -2.22. The Morgan fingerprint density at radius 3 is 2.33 bits per heavy atom. The zero-order chi connectivity index (χ0) is 16.3. The van der Waals surface area contributed by atoms with Gasteiger partial charge in [-0.25, -0.2) is 0 Å². The number of halogens is 5. The van der Waals surface area contributed by atoms with Crippen molar-refractivity contribution >= 4 is 23.1 Å². The molecule has 0 radical (unpaired) electrons. The molecule has 0 unspecified atom stereocenters. The first-order valence-electron chi connectivity index (χ1n) is 5.40. The summed E-state index contributed by atoms with van der Waals surface area (Å²) < 4.78 is 67.9. The molecule has 1 heterocycles. The molecule has 3 nitrogen and oxygen atoms in total. The Kier molecular flexibility index (Phi) is 5.21. The Bertz CT molecular complexity index is 546. The van der Waals surface area contributed by atoms with E-state index in [9.17, 15) is 31.5 Å². The summed E-state index contributed by atoms with van der Waals surface area (Å²) in [6.45, 7) is 0. The van der Waals surface area contributed by atoms with Gasteiger partial charge < -0.3 is 4.74 Å². The second-order valence-corrected chi connectivity index (χ2v) is 4.78. The van der Waals surface area contributed by atoms with E-state index >= 15 is 0 Å². The zero-order valence-electron chi connectivity index (χ0n) is 10.5. The molecule has 0 atom stereocenters. The summed E-state index contributed by atoms with van der Waals surface area (Å²) >= 11 is 0.879. The Balaban J connectivity index is 3.20. The van der Waals surface area contributed by atoms with Gasteiger partial charge in [-0.15, -0.1) is 11.3 Å². The van der Waals surface area contributed by atoms with E-state index in [4.69, 9.17) is 0 Å². The number of carbonyl (C=O) groups is 2. The molecule has 0 saturated carbocycles. The molecule has 0 bridgehead atoms. The Morgan fingerprint density at radius 2 is 1.90 bits per heavy atom. The Hall–Kier alpha value is -1.77. The van der Waals surface area contributed by atoms with E-state index in [1.54, 1.807) is 0 Å². The normalized spacial score (nSPS) is 13.1. The number of ether oxygens (including phenoxy) is 1. The Morgan fingerprint density at radius 1 is 1.29 bits per heavy atom. The fourth-order valence-corrected chi connectivity index (χ4v) is 1.95. The minimum Gasteiger partial charge on any atom is -0.469 e. The topological polar surface area (TPSA) is 43.4 Å². The molecule has 116 valence electrons. The van der Waals surface area contributed by atoms with Crippen LogP contribution in [0.4, 0.5) is 22.0 Å². The standard InChI is InChI=1S/C12H9F5O3S/c1-20-10(19)6-7(11(13,14)12(15,16)17)5-8(18)9-3-2-4-21-9/h2-5H,6H2,1H3/b7-5+. The van der Waals surface area contributed by atoms with E-state index in [1.807, 2.05) is 0 Å². The number of esters is 1. The molecule has 0 spiro atoms. The summed E-state index contributed by atoms with van der Waals surface area (Å²) in [6.07, 6.45) is -7.11. The molecular weight excluding hydrogens is 319 g/mol. The summed E-state index contributed by atoms with van der Waals surface area (Å²) in [7, 11) is 0.840. The summed E-state index contributed by atoms with van der Waals surface area (Å²) in [6, 6.07) is 2.71. The highest BCUT2D eigenvalue weighted by Gasteiger charge is 2.60. The first-order valence-corrected chi connectivity index (χ1v) is 6.27. The number of hydrogen-bond acceptors (Lipinski definition) is 4. The lowest BCUT2D eigenvalue weighted by molar-refractivity contribution is -0.265. The minimum absolute atomic E-state index is 0.0182. The minimum atomic E-state index is -5.91. The molecular formula is C12H9F5O3S. The first-order chi connectivity index (χ1) is 9.59. The molecule has 0 aliphatic carbocycles. The molecule has 21 heavy (non-hydrogen) atoms. The van der Waals surface area contributed by atoms with Crippen LogP contribution in [0.25, 0.3) is 0 Å². The van der Waals surface area contributed by atoms with Crippen LogP contribution in [0.1, 0.15) is 16.1 Å². The highest BCUT2D eigenvalue weighted by Crippen LogP contribution is 2.42. The van der Waals surface area contributed by atoms with Gasteiger partial charge in [0, 0.05) is 5.57 Å². The van der Waals surface area contributed by atoms with E-state index in [-0.39, 0.29) is 11.0 Å². The van der Waals surface area contributed by atoms with Crippen molar-refractivity contribution in [2.45, 2.75) is 18.5 Å². The molecule has 0 fully saturated rings. The molecule has 1 aromatic heterocycles. The molecule has 0 saturated heterocycles. The molecule has 9 heteroatoms. The highest BCUT2D eigenvalue weighted by atomic mass is 32.1. The molecule has 1 rings (SSSR count). The molecule has 0 aromatic carbocycles. The van der Waals surface area contributed by atoms with Crippen molar-refractivity contribution < 1.29 is 36.3 Å². The monoisotopic (exact) mass is 328 g/mol. The quantitative estimate of drug-likeness (QED) is 0.359. The number of rotatable bonds is 5. The van der Waals surface area contributed by atoms with Crippen molar-refractivity contribution in [2.24, 2.45) is 0 Å². The number of ketones is 1. The van der Waals surface area contributed by atoms with E-state index in [2.05, 4.69) is 4.74 Å². The van der Waals surface area contributed by atoms with Crippen molar-refractivity contribution in [1.29, 1.82) is 0 Å². The highest BCUT2D eigenvalue weighted by molar-refractivity contribution is 7.12. The number of methoxy groups -OCH3 is 1. The third kappa shape index (κ3) is 4.10. The SMILES string of the molecule is COC(=O)C/C(=C\C(=O)c1cccs1)C(F)(F)C(F)(F)F. The van der Waals surface area contributed by atoms with Crippen LogP contribution >= 0.6 is 11.3 Å². The molecule has 0 amide bonds. The predicted molar refractivity (Wildman–Crippen MR) is 64.4 cm³/mol. The predicted octanol–water partition coefficient (Wildman–Crippen LogP) is 3.62. The lowest BCUT2D eigenvalue weighted by atomic mass is 10.0. The average Bonchev–Trinajstić information content (AvgIpc) is 2.90. The van der Waals surface area contributed by atoms with Crippen LogP contribution in [-0.2, 0) is 9.53 Å². The van der Waals surface area contributed by atoms with E-state index in [1.165, 1.54) is 17.5 Å². The second-order valence-electron chi connectivity index (χ2n) is 3.84. The van der Waals surface area contributed by atoms with E-state index < -0.39 is 35.8 Å². The maximum absolute atomic E-state index is 13.3. The van der Waals surface area contributed by atoms with E-state index in [0.29, 0.717) is 0 Å². The van der Waals surface area contributed by atoms with Crippen LogP contribution in [-0.4, -0.2) is 31.0 Å². The van der Waals surface area contributed by atoms with E-state index in [0.717, 1.165) is 18.4 Å². The molecule has 0 aliphatic rings. The third-order valence-electron chi connectivity index (χ3n) is 2.39. The fraction of sp³-hybridized carbons (Fsp3) is 0.333. The van der Waals surface area contributed by atoms with Gasteiger partial charge in [0.1, 0.15) is 0 Å². The van der Waals surface area contributed by atoms with Gasteiger partial charge in [-0.05, 0) is 17.5 Å². The fourth-order valence-electron chi connectivity index (χ4n) is 1.31. The number of alkyl halides is 5. The zero-order valence-corrected chi connectivity index (χ0v) is 11.4. The van der Waals surface area contributed by atoms with Crippen LogP contribution in [0, 0.1) is 0 Å². The van der Waals surface area contributed by atoms with Crippen molar-refractivity contribution in [3.8, 4) is 0 Å². The third-order valence-corrected chi connectivity index (χ3v) is 3.28. The molecule has 0 aliphatic heterocycles. The second kappa shape index (κ2) is 6.33. The largest absolute Gasteiger partial charge is 0.469 e. The van der Waals surface area contributed by atoms with Crippen molar-refractivity contribution in [2.75, 3.05) is 7.11 Å². The Labute approximate surface area is 120 Å². The lowest BCUT2D eigenvalue weighted by Crippen LogP contribution is -2.39. The smallest absolute Gasteiger partial charge is 0.457 e. The van der Waals surface area contributed by atoms with Crippen molar-refractivity contribution in [3.63, 3.8) is 0 Å². The average molecular weight is 328 g/mol. The van der Waals surface area contributed by atoms with Gasteiger partial charge in [-0.3, -0.25) is 9.59 Å². The van der Waals surface area contributed by atoms with Gasteiger partial charge in [0.05, 0.1) is 18.4 Å². The number of carbonyl (C=O) groups excluding carboxylic acids is 2. The summed E-state index contributed by atoms with van der Waals surface area (Å²) in [5.74, 6) is -7.63. The van der Waals surface area contributed by atoms with Gasteiger partial charge >= 0.3 is 18.1 Å². The maximum Gasteiger partial charge on any atom is 0.457 e. The van der Waals surface area contributed by atoms with Gasteiger partial charge in [0.25, 0.3) is 0 Å². The van der Waals surface area contributed by atoms with Crippen LogP contribution < -0.4 is 0 Å². The summed E-state index contributed by atoms with van der Waals surface area (Å²) in [4.78, 5) is 22.6. The van der Waals surface area contributed by atoms with Gasteiger partial charge in [-0.1, -0.05) is 6.07 Å². The number of hydrogen-bond donors (Lipinski definition) is 0. The summed E-state index contributed by atoms with van der Waals surface area (Å²) in [5, 5.41) is 1.46. The van der Waals surface area contributed by atoms with Crippen LogP contribution in [0.3, 0.4) is 0 Å². The number of thiophene rings is 1. The van der Waals surface area contributed by atoms with Gasteiger partial charge in [0.2, 0.25) is 0 Å². The van der Waals surface area contributed by atoms with Crippen molar-refractivity contribution in [1.82, 2.24) is 0 Å². The van der Waals surface area contributed by atoms with Crippen molar-refractivity contribution in [3.05, 3.63) is 34.0 Å². The van der Waals surface area contributed by atoms with Gasteiger partial charge in [-0.2, -0.15) is 22.0 Å². The maximum atomic E-state index is 13.3. The molecule has 1 aromatic rings. The molecule has 0 N–H and O–H groups in total. The van der Waals surface area contributed by atoms with Gasteiger partial charge in [0.15, 0.2) is 5.78 Å². The summed E-state index contributed by atoms with van der Waals surface area (Å²) in [5.41, 5.74) is -1.65. The van der Waals surface area contributed by atoms with Crippen LogP contribution in [0.5, 0.6) is 0 Å². The van der Waals surface area contributed by atoms with Crippen LogP contribution in [0.15, 0.2) is 29.2 Å².